The van der Waals surface area contributed by atoms with Gasteiger partial charge in [-0.15, -0.1) is 0 Å². The van der Waals surface area contributed by atoms with E-state index in [0.29, 0.717) is 24.3 Å². The van der Waals surface area contributed by atoms with Crippen LogP contribution in [-0.2, 0) is 10.0 Å². The van der Waals surface area contributed by atoms with Crippen molar-refractivity contribution in [2.75, 3.05) is 27.2 Å². The van der Waals surface area contributed by atoms with Crippen molar-refractivity contribution in [1.29, 1.82) is 0 Å². The van der Waals surface area contributed by atoms with E-state index in [1.54, 1.807) is 19.9 Å². The van der Waals surface area contributed by atoms with Crippen molar-refractivity contribution in [3.8, 4) is 5.75 Å². The maximum Gasteiger partial charge on any atom is 0.251 e. The van der Waals surface area contributed by atoms with Crippen molar-refractivity contribution in [1.82, 2.24) is 9.62 Å². The van der Waals surface area contributed by atoms with E-state index >= 15 is 0 Å². The molecule has 146 valence electrons. The van der Waals surface area contributed by atoms with E-state index in [0.717, 1.165) is 21.2 Å². The fourth-order valence-electron chi connectivity index (χ4n) is 2.56. The van der Waals surface area contributed by atoms with Crippen LogP contribution in [0.3, 0.4) is 0 Å². The van der Waals surface area contributed by atoms with Gasteiger partial charge in [-0.25, -0.2) is 12.7 Å². The van der Waals surface area contributed by atoms with Gasteiger partial charge in [0.25, 0.3) is 5.91 Å². The smallest absolute Gasteiger partial charge is 0.251 e. The third kappa shape index (κ3) is 5.08. The van der Waals surface area contributed by atoms with Gasteiger partial charge in [0.15, 0.2) is 0 Å². The van der Waals surface area contributed by atoms with Crippen LogP contribution in [0.1, 0.15) is 27.0 Å². The first-order valence-electron chi connectivity index (χ1n) is 8.64. The van der Waals surface area contributed by atoms with Gasteiger partial charge in [0.2, 0.25) is 10.0 Å². The van der Waals surface area contributed by atoms with Gasteiger partial charge in [-0.3, -0.25) is 4.79 Å². The zero-order valence-electron chi connectivity index (χ0n) is 16.4. The molecule has 0 aliphatic heterocycles. The average molecular weight is 391 g/mol. The molecule has 1 N–H and O–H groups in total. The highest BCUT2D eigenvalue weighted by molar-refractivity contribution is 7.89. The lowest BCUT2D eigenvalue weighted by atomic mass is 10.1. The molecule has 0 atom stereocenters. The molecule has 0 saturated carbocycles. The molecule has 0 heterocycles. The molecule has 0 unspecified atom stereocenters. The van der Waals surface area contributed by atoms with Crippen LogP contribution in [0.2, 0.25) is 0 Å². The third-order valence-electron chi connectivity index (χ3n) is 4.29. The van der Waals surface area contributed by atoms with Gasteiger partial charge in [0.1, 0.15) is 12.4 Å². The fraction of sp³-hybridized carbons (Fsp3) is 0.350. The third-order valence-corrected chi connectivity index (χ3v) is 6.23. The number of ether oxygens (including phenoxy) is 1. The van der Waals surface area contributed by atoms with Crippen LogP contribution < -0.4 is 10.1 Å². The Morgan fingerprint density at radius 2 is 1.81 bits per heavy atom. The highest BCUT2D eigenvalue weighted by atomic mass is 32.2. The molecule has 2 aromatic carbocycles. The van der Waals surface area contributed by atoms with Crippen molar-refractivity contribution in [3.63, 3.8) is 0 Å². The van der Waals surface area contributed by atoms with E-state index in [9.17, 15) is 13.2 Å². The molecule has 0 spiro atoms. The van der Waals surface area contributed by atoms with Crippen molar-refractivity contribution in [2.45, 2.75) is 25.7 Å². The second-order valence-electron chi connectivity index (χ2n) is 6.62. The van der Waals surface area contributed by atoms with Gasteiger partial charge in [0.05, 0.1) is 11.4 Å². The Hall–Kier alpha value is -2.38. The van der Waals surface area contributed by atoms with Gasteiger partial charge in [0, 0.05) is 19.7 Å². The number of carbonyl (C=O) groups excluding carboxylic acids is 1. The summed E-state index contributed by atoms with van der Waals surface area (Å²) in [5.41, 5.74) is 2.80. The Kier molecular flexibility index (Phi) is 6.62. The van der Waals surface area contributed by atoms with E-state index in [1.807, 2.05) is 31.2 Å². The minimum atomic E-state index is -3.62. The number of benzene rings is 2. The van der Waals surface area contributed by atoms with Crippen molar-refractivity contribution in [3.05, 3.63) is 58.7 Å². The van der Waals surface area contributed by atoms with Crippen LogP contribution in [0.4, 0.5) is 0 Å². The molecule has 0 aromatic heterocycles. The van der Waals surface area contributed by atoms with E-state index < -0.39 is 10.0 Å². The van der Waals surface area contributed by atoms with Crippen LogP contribution >= 0.6 is 0 Å². The summed E-state index contributed by atoms with van der Waals surface area (Å²) in [7, 11) is -0.679. The summed E-state index contributed by atoms with van der Waals surface area (Å²) in [5, 5.41) is 2.77. The summed E-state index contributed by atoms with van der Waals surface area (Å²) in [4.78, 5) is 12.6. The molecule has 7 heteroatoms. The number of rotatable bonds is 7. The number of sulfonamides is 1. The quantitative estimate of drug-likeness (QED) is 0.738. The molecule has 2 aromatic rings. The SMILES string of the molecule is Cc1cccc(OCCNC(=O)c2cc(C)c(C)c(S(=O)(=O)N(C)C)c2)c1. The largest absolute Gasteiger partial charge is 0.492 e. The van der Waals surface area contributed by atoms with E-state index in [2.05, 4.69) is 5.32 Å². The predicted octanol–water partition coefficient (Wildman–Crippen LogP) is 2.67. The topological polar surface area (TPSA) is 75.7 Å². The molecule has 6 nitrogen and oxygen atoms in total. The first-order valence-corrected chi connectivity index (χ1v) is 10.1. The standard InChI is InChI=1S/C20H26N2O4S/c1-14-7-6-8-18(11-14)26-10-9-21-20(23)17-12-15(2)16(3)19(13-17)27(24,25)22(4)5/h6-8,11-13H,9-10H2,1-5H3,(H,21,23). The van der Waals surface area contributed by atoms with Crippen LogP contribution in [-0.4, -0.2) is 45.9 Å². The number of amides is 1. The van der Waals surface area contributed by atoms with Gasteiger partial charge in [-0.2, -0.15) is 0 Å². The highest BCUT2D eigenvalue weighted by Crippen LogP contribution is 2.23. The molecule has 27 heavy (non-hydrogen) atoms. The van der Waals surface area contributed by atoms with Gasteiger partial charge in [-0.05, 0) is 61.7 Å². The van der Waals surface area contributed by atoms with Gasteiger partial charge >= 0.3 is 0 Å². The summed E-state index contributed by atoms with van der Waals surface area (Å²) < 4.78 is 31.8. The number of carbonyl (C=O) groups is 1. The van der Waals surface area contributed by atoms with Gasteiger partial charge < -0.3 is 10.1 Å². The average Bonchev–Trinajstić information content (AvgIpc) is 2.60. The minimum absolute atomic E-state index is 0.147. The summed E-state index contributed by atoms with van der Waals surface area (Å²) in [6, 6.07) is 10.8. The Balaban J connectivity index is 2.07. The molecule has 0 aliphatic carbocycles. The normalized spacial score (nSPS) is 11.5. The first-order chi connectivity index (χ1) is 12.6. The summed E-state index contributed by atoms with van der Waals surface area (Å²) >= 11 is 0. The zero-order valence-corrected chi connectivity index (χ0v) is 17.2. The molecule has 0 saturated heterocycles. The first kappa shape index (κ1) is 20.9. The fourth-order valence-corrected chi connectivity index (χ4v) is 3.78. The summed E-state index contributed by atoms with van der Waals surface area (Å²) in [6.45, 7) is 6.15. The Morgan fingerprint density at radius 1 is 1.11 bits per heavy atom. The minimum Gasteiger partial charge on any atom is -0.492 e. The maximum absolute atomic E-state index is 12.5. The zero-order chi connectivity index (χ0) is 20.2. The Bertz CT molecular complexity index is 937. The Morgan fingerprint density at radius 3 is 2.44 bits per heavy atom. The lowest BCUT2D eigenvalue weighted by Crippen LogP contribution is -2.29. The van der Waals surface area contributed by atoms with E-state index in [1.165, 1.54) is 20.2 Å². The highest BCUT2D eigenvalue weighted by Gasteiger charge is 2.22. The molecular formula is C20H26N2O4S. The van der Waals surface area contributed by atoms with Crippen LogP contribution in [0.25, 0.3) is 0 Å². The number of aryl methyl sites for hydroxylation is 2. The van der Waals surface area contributed by atoms with Crippen LogP contribution in [0.15, 0.2) is 41.3 Å². The van der Waals surface area contributed by atoms with Gasteiger partial charge in [-0.1, -0.05) is 12.1 Å². The monoisotopic (exact) mass is 390 g/mol. The Labute approximate surface area is 161 Å². The maximum atomic E-state index is 12.5. The number of nitrogens with zero attached hydrogens (tertiary/aromatic N) is 1. The molecule has 2 rings (SSSR count). The number of hydrogen-bond acceptors (Lipinski definition) is 4. The molecular weight excluding hydrogens is 364 g/mol. The lowest BCUT2D eigenvalue weighted by molar-refractivity contribution is 0.0946. The molecule has 0 bridgehead atoms. The van der Waals surface area contributed by atoms with Crippen molar-refractivity contribution < 1.29 is 17.9 Å². The summed E-state index contributed by atoms with van der Waals surface area (Å²) in [6.07, 6.45) is 0. The van der Waals surface area contributed by atoms with Crippen LogP contribution in [0.5, 0.6) is 5.75 Å². The van der Waals surface area contributed by atoms with Crippen molar-refractivity contribution in [2.24, 2.45) is 0 Å². The lowest BCUT2D eigenvalue weighted by Gasteiger charge is -2.16. The molecule has 0 aliphatic rings. The molecule has 0 radical (unpaired) electrons. The summed E-state index contributed by atoms with van der Waals surface area (Å²) in [5.74, 6) is 0.413. The second kappa shape index (κ2) is 8.54. The van der Waals surface area contributed by atoms with E-state index in [-0.39, 0.29) is 10.8 Å². The number of nitrogens with one attached hydrogen (secondary N) is 1. The van der Waals surface area contributed by atoms with Crippen molar-refractivity contribution >= 4 is 15.9 Å². The molecule has 0 fully saturated rings. The number of hydrogen-bond donors (Lipinski definition) is 1. The van der Waals surface area contributed by atoms with E-state index in [4.69, 9.17) is 4.74 Å². The predicted molar refractivity (Wildman–Crippen MR) is 106 cm³/mol. The van der Waals surface area contributed by atoms with Crippen LogP contribution in [0, 0.1) is 20.8 Å². The molecule has 1 amide bonds. The second-order valence-corrected chi connectivity index (χ2v) is 8.74.